The monoisotopic (exact) mass is 244 g/mol. The fourth-order valence-corrected chi connectivity index (χ4v) is 2.50. The summed E-state index contributed by atoms with van der Waals surface area (Å²) in [6, 6.07) is 11.7. The van der Waals surface area contributed by atoms with Gasteiger partial charge < -0.3 is 9.84 Å². The molecule has 0 radical (unpaired) electrons. The molecule has 4 nitrogen and oxygen atoms in total. The lowest BCUT2D eigenvalue weighted by Gasteiger charge is -2.42. The fraction of sp³-hybridized carbons (Fsp3) is 0.357. The quantitative estimate of drug-likeness (QED) is 0.896. The summed E-state index contributed by atoms with van der Waals surface area (Å²) in [4.78, 5) is 0. The molecule has 1 aromatic heterocycles. The van der Waals surface area contributed by atoms with Crippen LogP contribution in [-0.4, -0.2) is 28.1 Å². The van der Waals surface area contributed by atoms with Crippen LogP contribution >= 0.6 is 0 Å². The van der Waals surface area contributed by atoms with Crippen molar-refractivity contribution < 1.29 is 9.84 Å². The first-order chi connectivity index (χ1) is 8.73. The Morgan fingerprint density at radius 2 is 2.00 bits per heavy atom. The SMILES string of the molecule is COC1CC(O)(c2ccnn2-c2ccccc2)C1. The zero-order chi connectivity index (χ0) is 12.6. The van der Waals surface area contributed by atoms with E-state index in [1.165, 1.54) is 0 Å². The number of methoxy groups -OCH3 is 1. The van der Waals surface area contributed by atoms with Gasteiger partial charge in [-0.05, 0) is 18.2 Å². The first kappa shape index (κ1) is 11.4. The number of aromatic nitrogens is 2. The van der Waals surface area contributed by atoms with E-state index in [-0.39, 0.29) is 6.10 Å². The molecule has 3 rings (SSSR count). The molecule has 0 bridgehead atoms. The minimum absolute atomic E-state index is 0.147. The van der Waals surface area contributed by atoms with Gasteiger partial charge in [0, 0.05) is 26.1 Å². The summed E-state index contributed by atoms with van der Waals surface area (Å²) in [6.07, 6.45) is 3.12. The zero-order valence-corrected chi connectivity index (χ0v) is 10.3. The summed E-state index contributed by atoms with van der Waals surface area (Å²) < 4.78 is 7.03. The summed E-state index contributed by atoms with van der Waals surface area (Å²) in [5.74, 6) is 0. The Labute approximate surface area is 106 Å². The number of ether oxygens (including phenoxy) is 1. The first-order valence-corrected chi connectivity index (χ1v) is 6.08. The molecule has 18 heavy (non-hydrogen) atoms. The Morgan fingerprint density at radius 1 is 1.28 bits per heavy atom. The molecule has 0 saturated heterocycles. The Bertz CT molecular complexity index is 530. The van der Waals surface area contributed by atoms with Gasteiger partial charge in [-0.2, -0.15) is 5.10 Å². The van der Waals surface area contributed by atoms with Gasteiger partial charge in [0.1, 0.15) is 5.60 Å². The van der Waals surface area contributed by atoms with E-state index in [4.69, 9.17) is 4.74 Å². The molecule has 0 aliphatic heterocycles. The van der Waals surface area contributed by atoms with Crippen LogP contribution in [0.15, 0.2) is 42.6 Å². The van der Waals surface area contributed by atoms with Crippen LogP contribution in [0.1, 0.15) is 18.5 Å². The third kappa shape index (κ3) is 1.74. The molecule has 1 N–H and O–H groups in total. The summed E-state index contributed by atoms with van der Waals surface area (Å²) in [5.41, 5.74) is 0.987. The standard InChI is InChI=1S/C14H16N2O2/c1-18-12-9-14(17,10-12)13-7-8-15-16(13)11-5-3-2-4-6-11/h2-8,12,17H,9-10H2,1H3. The van der Waals surface area contributed by atoms with Crippen LogP contribution in [0.3, 0.4) is 0 Å². The number of hydrogen-bond acceptors (Lipinski definition) is 3. The van der Waals surface area contributed by atoms with E-state index in [9.17, 15) is 5.11 Å². The van der Waals surface area contributed by atoms with Crippen molar-refractivity contribution in [1.82, 2.24) is 9.78 Å². The molecule has 94 valence electrons. The predicted molar refractivity (Wildman–Crippen MR) is 67.5 cm³/mol. The van der Waals surface area contributed by atoms with Gasteiger partial charge in [0.05, 0.1) is 17.5 Å². The van der Waals surface area contributed by atoms with Crippen LogP contribution in [0.4, 0.5) is 0 Å². The van der Waals surface area contributed by atoms with Gasteiger partial charge in [0.25, 0.3) is 0 Å². The van der Waals surface area contributed by atoms with Crippen LogP contribution in [0.2, 0.25) is 0 Å². The van der Waals surface area contributed by atoms with E-state index >= 15 is 0 Å². The van der Waals surface area contributed by atoms with E-state index in [2.05, 4.69) is 5.10 Å². The Morgan fingerprint density at radius 3 is 2.67 bits per heavy atom. The van der Waals surface area contributed by atoms with Crippen molar-refractivity contribution in [3.05, 3.63) is 48.3 Å². The smallest absolute Gasteiger partial charge is 0.112 e. The Balaban J connectivity index is 1.94. The highest BCUT2D eigenvalue weighted by Gasteiger charge is 2.46. The van der Waals surface area contributed by atoms with Crippen LogP contribution in [0.25, 0.3) is 5.69 Å². The maximum atomic E-state index is 10.6. The molecular formula is C14H16N2O2. The lowest BCUT2D eigenvalue weighted by molar-refractivity contribution is -0.136. The van der Waals surface area contributed by atoms with Crippen molar-refractivity contribution in [3.63, 3.8) is 0 Å². The number of benzene rings is 1. The number of rotatable bonds is 3. The predicted octanol–water partition coefficient (Wildman–Crippen LogP) is 1.87. The van der Waals surface area contributed by atoms with Gasteiger partial charge in [0.15, 0.2) is 0 Å². The van der Waals surface area contributed by atoms with Crippen molar-refractivity contribution >= 4 is 0 Å². The molecule has 1 aromatic carbocycles. The second-order valence-corrected chi connectivity index (χ2v) is 4.76. The molecule has 1 fully saturated rings. The lowest BCUT2D eigenvalue weighted by Crippen LogP contribution is -2.46. The number of para-hydroxylation sites is 1. The highest BCUT2D eigenvalue weighted by molar-refractivity contribution is 5.34. The summed E-state index contributed by atoms with van der Waals surface area (Å²) >= 11 is 0. The van der Waals surface area contributed by atoms with Gasteiger partial charge in [-0.3, -0.25) is 0 Å². The van der Waals surface area contributed by atoms with Gasteiger partial charge >= 0.3 is 0 Å². The van der Waals surface area contributed by atoms with E-state index in [0.717, 1.165) is 11.4 Å². The highest BCUT2D eigenvalue weighted by atomic mass is 16.5. The van der Waals surface area contributed by atoms with Crippen molar-refractivity contribution in [1.29, 1.82) is 0 Å². The number of hydrogen-bond donors (Lipinski definition) is 1. The molecule has 1 heterocycles. The van der Waals surface area contributed by atoms with Gasteiger partial charge in [-0.15, -0.1) is 0 Å². The third-order valence-corrected chi connectivity index (χ3v) is 3.58. The Kier molecular flexibility index (Phi) is 2.69. The third-order valence-electron chi connectivity index (χ3n) is 3.58. The van der Waals surface area contributed by atoms with Crippen LogP contribution in [0.5, 0.6) is 0 Å². The fourth-order valence-electron chi connectivity index (χ4n) is 2.50. The van der Waals surface area contributed by atoms with Crippen molar-refractivity contribution in [2.24, 2.45) is 0 Å². The molecular weight excluding hydrogens is 228 g/mol. The second-order valence-electron chi connectivity index (χ2n) is 4.76. The maximum Gasteiger partial charge on any atom is 0.112 e. The van der Waals surface area contributed by atoms with Crippen LogP contribution < -0.4 is 0 Å². The largest absolute Gasteiger partial charge is 0.383 e. The molecule has 0 atom stereocenters. The average molecular weight is 244 g/mol. The van der Waals surface area contributed by atoms with Crippen LogP contribution in [-0.2, 0) is 10.3 Å². The first-order valence-electron chi connectivity index (χ1n) is 6.08. The topological polar surface area (TPSA) is 47.3 Å². The average Bonchev–Trinajstić information content (AvgIpc) is 2.85. The van der Waals surface area contributed by atoms with E-state index in [1.807, 2.05) is 36.4 Å². The van der Waals surface area contributed by atoms with Crippen molar-refractivity contribution in [3.8, 4) is 5.69 Å². The van der Waals surface area contributed by atoms with E-state index in [0.29, 0.717) is 12.8 Å². The molecule has 0 amide bonds. The van der Waals surface area contributed by atoms with Crippen molar-refractivity contribution in [2.75, 3.05) is 7.11 Å². The highest BCUT2D eigenvalue weighted by Crippen LogP contribution is 2.43. The summed E-state index contributed by atoms with van der Waals surface area (Å²) in [7, 11) is 1.68. The molecule has 2 aromatic rings. The van der Waals surface area contributed by atoms with Gasteiger partial charge in [-0.25, -0.2) is 4.68 Å². The second kappa shape index (κ2) is 4.23. The molecule has 1 aliphatic rings. The molecule has 0 spiro atoms. The van der Waals surface area contributed by atoms with Gasteiger partial charge in [-0.1, -0.05) is 18.2 Å². The normalized spacial score (nSPS) is 26.9. The molecule has 4 heteroatoms. The van der Waals surface area contributed by atoms with Crippen LogP contribution in [0, 0.1) is 0 Å². The van der Waals surface area contributed by atoms with Crippen molar-refractivity contribution in [2.45, 2.75) is 24.5 Å². The molecule has 1 saturated carbocycles. The maximum absolute atomic E-state index is 10.6. The van der Waals surface area contributed by atoms with Gasteiger partial charge in [0.2, 0.25) is 0 Å². The minimum atomic E-state index is -0.812. The summed E-state index contributed by atoms with van der Waals surface area (Å²) in [5, 5.41) is 14.9. The number of nitrogens with zero attached hydrogens (tertiary/aromatic N) is 2. The number of aliphatic hydroxyl groups is 1. The lowest BCUT2D eigenvalue weighted by atomic mass is 9.75. The molecule has 1 aliphatic carbocycles. The van der Waals surface area contributed by atoms with E-state index < -0.39 is 5.60 Å². The van der Waals surface area contributed by atoms with E-state index in [1.54, 1.807) is 18.0 Å². The summed E-state index contributed by atoms with van der Waals surface area (Å²) in [6.45, 7) is 0. The molecule has 0 unspecified atom stereocenters. The zero-order valence-electron chi connectivity index (χ0n) is 10.3. The Hall–Kier alpha value is -1.65. The minimum Gasteiger partial charge on any atom is -0.383 e.